The zero-order valence-corrected chi connectivity index (χ0v) is 20.7. The average Bonchev–Trinajstić information content (AvgIpc) is 3.36. The number of rotatable bonds is 10. The third kappa shape index (κ3) is 5.67. The lowest BCUT2D eigenvalue weighted by molar-refractivity contribution is -0.119. The van der Waals surface area contributed by atoms with Crippen LogP contribution in [0.15, 0.2) is 90.1 Å². The topological polar surface area (TPSA) is 89.9 Å². The summed E-state index contributed by atoms with van der Waals surface area (Å²) in [5.74, 6) is 0.780. The van der Waals surface area contributed by atoms with Crippen molar-refractivity contribution in [3.8, 4) is 17.0 Å². The van der Waals surface area contributed by atoms with Crippen molar-refractivity contribution in [3.05, 3.63) is 113 Å². The smallest absolute Gasteiger partial charge is 0.273 e. The van der Waals surface area contributed by atoms with Gasteiger partial charge >= 0.3 is 0 Å². The number of aromatic nitrogens is 4. The summed E-state index contributed by atoms with van der Waals surface area (Å²) in [5, 5.41) is 1.02. The largest absolute Gasteiger partial charge is 0.497 e. The van der Waals surface area contributed by atoms with Crippen molar-refractivity contribution >= 4 is 16.7 Å². The summed E-state index contributed by atoms with van der Waals surface area (Å²) in [4.78, 5) is 38.6. The number of pyridine rings is 1. The number of carbonyl (C=O) groups excluding carboxylic acids is 1. The number of hydrogen-bond acceptors (Lipinski definition) is 5. The number of ketones is 1. The van der Waals surface area contributed by atoms with Gasteiger partial charge in [0.15, 0.2) is 5.78 Å². The number of hydrogen-bond donors (Lipinski definition) is 1. The molecule has 2 aromatic carbocycles. The molecule has 7 heteroatoms. The summed E-state index contributed by atoms with van der Waals surface area (Å²) in [5.41, 5.74) is 4.78. The minimum atomic E-state index is -0.222. The monoisotopic (exact) mass is 492 g/mol. The van der Waals surface area contributed by atoms with Crippen LogP contribution in [0.2, 0.25) is 0 Å². The molecule has 1 N–H and O–H groups in total. The van der Waals surface area contributed by atoms with Crippen molar-refractivity contribution < 1.29 is 9.53 Å². The first-order chi connectivity index (χ1) is 18.1. The van der Waals surface area contributed by atoms with Crippen LogP contribution in [0.4, 0.5) is 0 Å². The van der Waals surface area contributed by atoms with Crippen molar-refractivity contribution in [2.24, 2.45) is 0 Å². The van der Waals surface area contributed by atoms with Crippen LogP contribution in [0, 0.1) is 0 Å². The maximum absolute atomic E-state index is 13.5. The highest BCUT2D eigenvalue weighted by Crippen LogP contribution is 2.19. The molecule has 7 nitrogen and oxygen atoms in total. The highest BCUT2D eigenvalue weighted by atomic mass is 16.5. The second-order valence-electron chi connectivity index (χ2n) is 8.99. The summed E-state index contributed by atoms with van der Waals surface area (Å²) in [6.07, 6.45) is 7.28. The van der Waals surface area contributed by atoms with Gasteiger partial charge in [-0.1, -0.05) is 42.5 Å². The van der Waals surface area contributed by atoms with Gasteiger partial charge in [-0.05, 0) is 54.7 Å². The van der Waals surface area contributed by atoms with E-state index in [-0.39, 0.29) is 17.9 Å². The molecule has 0 unspecified atom stereocenters. The van der Waals surface area contributed by atoms with E-state index in [1.165, 1.54) is 0 Å². The number of methoxy groups -OCH3 is 1. The molecule has 186 valence electrons. The lowest BCUT2D eigenvalue weighted by Crippen LogP contribution is -2.30. The van der Waals surface area contributed by atoms with Crippen LogP contribution in [-0.2, 0) is 30.6 Å². The molecule has 37 heavy (non-hydrogen) atoms. The summed E-state index contributed by atoms with van der Waals surface area (Å²) < 4.78 is 6.79. The van der Waals surface area contributed by atoms with Gasteiger partial charge in [-0.15, -0.1) is 0 Å². The van der Waals surface area contributed by atoms with E-state index >= 15 is 0 Å². The Bertz CT molecular complexity index is 1540. The standard InChI is InChI=1S/C30H28N4O3/c1-37-26-12-7-21(8-13-26)9-14-28-30(36)34(29(19-32-28)22-5-3-2-4-6-22)20-25(35)11-10-24-17-23-18-31-16-15-27(23)33-24/h2-8,12-13,15-19,33H,9-11,14,20H2,1H3. The van der Waals surface area contributed by atoms with E-state index in [0.717, 1.165) is 33.5 Å². The van der Waals surface area contributed by atoms with Gasteiger partial charge in [0.2, 0.25) is 0 Å². The Kier molecular flexibility index (Phi) is 7.21. The SMILES string of the molecule is COc1ccc(CCc2ncc(-c3ccccc3)n(CC(=O)CCc3cc4cnccc4[nH]3)c2=O)cc1. The lowest BCUT2D eigenvalue weighted by Gasteiger charge is -2.14. The molecule has 0 bridgehead atoms. The molecule has 0 aliphatic carbocycles. The Labute approximate surface area is 214 Å². The Morgan fingerprint density at radius 2 is 1.78 bits per heavy atom. The van der Waals surface area contributed by atoms with Gasteiger partial charge < -0.3 is 9.72 Å². The number of H-pyrrole nitrogens is 1. The first-order valence-electron chi connectivity index (χ1n) is 12.3. The zero-order valence-electron chi connectivity index (χ0n) is 20.7. The van der Waals surface area contributed by atoms with Crippen molar-refractivity contribution in [2.45, 2.75) is 32.2 Å². The number of benzene rings is 2. The van der Waals surface area contributed by atoms with Crippen LogP contribution < -0.4 is 10.3 Å². The van der Waals surface area contributed by atoms with E-state index in [0.29, 0.717) is 37.1 Å². The number of fused-ring (bicyclic) bond motifs is 1. The van der Waals surface area contributed by atoms with Gasteiger partial charge in [-0.3, -0.25) is 24.1 Å². The maximum atomic E-state index is 13.5. The maximum Gasteiger partial charge on any atom is 0.273 e. The van der Waals surface area contributed by atoms with E-state index in [1.807, 2.05) is 66.7 Å². The number of ether oxygens (including phenoxy) is 1. The number of aromatic amines is 1. The molecular weight excluding hydrogens is 464 g/mol. The highest BCUT2D eigenvalue weighted by molar-refractivity contribution is 5.81. The van der Waals surface area contributed by atoms with Crippen molar-refractivity contribution in [3.63, 3.8) is 0 Å². The lowest BCUT2D eigenvalue weighted by atomic mass is 10.1. The summed E-state index contributed by atoms with van der Waals surface area (Å²) in [7, 11) is 1.63. The van der Waals surface area contributed by atoms with E-state index in [9.17, 15) is 9.59 Å². The summed E-state index contributed by atoms with van der Waals surface area (Å²) >= 11 is 0. The highest BCUT2D eigenvalue weighted by Gasteiger charge is 2.15. The molecule has 0 radical (unpaired) electrons. The first-order valence-corrected chi connectivity index (χ1v) is 12.3. The number of Topliss-reactive ketones (excluding diaryl/α,β-unsaturated/α-hetero) is 1. The van der Waals surface area contributed by atoms with Gasteiger partial charge in [-0.25, -0.2) is 0 Å². The molecule has 3 heterocycles. The van der Waals surface area contributed by atoms with Gasteiger partial charge in [0.25, 0.3) is 5.56 Å². The number of aryl methyl sites for hydroxylation is 3. The quantitative estimate of drug-likeness (QED) is 0.303. The summed E-state index contributed by atoms with van der Waals surface area (Å²) in [6, 6.07) is 21.3. The molecule has 0 saturated heterocycles. The van der Waals surface area contributed by atoms with Crippen LogP contribution in [0.3, 0.4) is 0 Å². The predicted octanol–water partition coefficient (Wildman–Crippen LogP) is 4.78. The number of carbonyl (C=O) groups is 1. The van der Waals surface area contributed by atoms with Gasteiger partial charge in [0.05, 0.1) is 25.5 Å². The van der Waals surface area contributed by atoms with Crippen LogP contribution in [0.5, 0.6) is 5.75 Å². The van der Waals surface area contributed by atoms with Crippen LogP contribution >= 0.6 is 0 Å². The molecule has 0 saturated carbocycles. The Morgan fingerprint density at radius 1 is 0.973 bits per heavy atom. The fourth-order valence-electron chi connectivity index (χ4n) is 4.45. The van der Waals surface area contributed by atoms with E-state index in [1.54, 1.807) is 30.3 Å². The fourth-order valence-corrected chi connectivity index (χ4v) is 4.45. The van der Waals surface area contributed by atoms with Crippen molar-refractivity contribution in [1.29, 1.82) is 0 Å². The second-order valence-corrected chi connectivity index (χ2v) is 8.99. The molecular formula is C30H28N4O3. The molecule has 0 fully saturated rings. The third-order valence-corrected chi connectivity index (χ3v) is 6.49. The fraction of sp³-hybridized carbons (Fsp3) is 0.200. The molecule has 0 amide bonds. The average molecular weight is 493 g/mol. The molecule has 5 aromatic rings. The summed E-state index contributed by atoms with van der Waals surface area (Å²) in [6.45, 7) is 0.00288. The minimum Gasteiger partial charge on any atom is -0.497 e. The normalized spacial score (nSPS) is 11.1. The first kappa shape index (κ1) is 24.2. The van der Waals surface area contributed by atoms with Gasteiger partial charge in [-0.2, -0.15) is 0 Å². The number of nitrogens with one attached hydrogen (secondary N) is 1. The van der Waals surface area contributed by atoms with E-state index < -0.39 is 0 Å². The minimum absolute atomic E-state index is 0.00288. The Morgan fingerprint density at radius 3 is 2.54 bits per heavy atom. The van der Waals surface area contributed by atoms with Gasteiger partial charge in [0, 0.05) is 35.4 Å². The van der Waals surface area contributed by atoms with Crippen molar-refractivity contribution in [2.75, 3.05) is 7.11 Å². The van der Waals surface area contributed by atoms with E-state index in [2.05, 4.69) is 15.0 Å². The van der Waals surface area contributed by atoms with Gasteiger partial charge in [0.1, 0.15) is 11.4 Å². The van der Waals surface area contributed by atoms with Crippen LogP contribution in [0.25, 0.3) is 22.2 Å². The zero-order chi connectivity index (χ0) is 25.6. The number of nitrogens with zero attached hydrogens (tertiary/aromatic N) is 3. The molecule has 0 spiro atoms. The second kappa shape index (κ2) is 11.0. The molecule has 0 atom stereocenters. The van der Waals surface area contributed by atoms with Crippen molar-refractivity contribution in [1.82, 2.24) is 19.5 Å². The molecule has 5 rings (SSSR count). The predicted molar refractivity (Wildman–Crippen MR) is 144 cm³/mol. The molecule has 0 aliphatic rings. The molecule has 3 aromatic heterocycles. The molecule has 0 aliphatic heterocycles. The van der Waals surface area contributed by atoms with Crippen LogP contribution in [0.1, 0.15) is 23.4 Å². The van der Waals surface area contributed by atoms with E-state index in [4.69, 9.17) is 4.74 Å². The Balaban J connectivity index is 1.35. The van der Waals surface area contributed by atoms with Crippen LogP contribution in [-0.4, -0.2) is 32.4 Å². The third-order valence-electron chi connectivity index (χ3n) is 6.49. The Hall–Kier alpha value is -4.52.